The topological polar surface area (TPSA) is 118 Å². The third-order valence-electron chi connectivity index (χ3n) is 6.14. The second-order valence-electron chi connectivity index (χ2n) is 8.06. The molecule has 1 aliphatic heterocycles. The predicted molar refractivity (Wildman–Crippen MR) is 106 cm³/mol. The number of nitrogens with two attached hydrogens (primary N) is 1. The first-order valence-electron chi connectivity index (χ1n) is 10.3. The Balaban J connectivity index is 1.39. The number of aromatic nitrogens is 6. The number of aromatic amines is 2. The Labute approximate surface area is 169 Å². The van der Waals surface area contributed by atoms with Crippen LogP contribution in [-0.4, -0.2) is 49.6 Å². The van der Waals surface area contributed by atoms with Crippen LogP contribution in [0.3, 0.4) is 0 Å². The Kier molecular flexibility index (Phi) is 5.86. The third kappa shape index (κ3) is 4.16. The highest BCUT2D eigenvalue weighted by Gasteiger charge is 2.36. The Morgan fingerprint density at radius 3 is 2.90 bits per heavy atom. The molecule has 9 heteroatoms. The van der Waals surface area contributed by atoms with Gasteiger partial charge in [-0.15, -0.1) is 10.2 Å². The van der Waals surface area contributed by atoms with Gasteiger partial charge in [0.05, 0.1) is 6.10 Å². The van der Waals surface area contributed by atoms with E-state index in [9.17, 15) is 4.39 Å². The number of ether oxygens (including phenoxy) is 1. The van der Waals surface area contributed by atoms with Crippen molar-refractivity contribution in [1.82, 2.24) is 30.8 Å². The number of nitrogens with zero attached hydrogens (tertiary/aromatic N) is 4. The molecule has 0 aromatic carbocycles. The van der Waals surface area contributed by atoms with E-state index in [4.69, 9.17) is 10.5 Å². The van der Waals surface area contributed by atoms with Crippen molar-refractivity contribution in [2.75, 3.05) is 6.61 Å². The minimum atomic E-state index is -0.128. The molecule has 2 aromatic rings. The van der Waals surface area contributed by atoms with Gasteiger partial charge in [0, 0.05) is 36.2 Å². The van der Waals surface area contributed by atoms with Crippen LogP contribution in [-0.2, 0) is 17.6 Å². The SMILES string of the molecule is CCc1[nH]nc(-c2nn[nH]n2)c1CCC1COC([C@H]2CC(F)=CC=C2C)[C@@H](N)C1. The molecule has 29 heavy (non-hydrogen) atoms. The number of tetrazole rings is 1. The van der Waals surface area contributed by atoms with Gasteiger partial charge in [-0.05, 0) is 49.8 Å². The molecule has 4 atom stereocenters. The van der Waals surface area contributed by atoms with Crippen LogP contribution in [0.1, 0.15) is 44.4 Å². The fraction of sp³-hybridized carbons (Fsp3) is 0.600. The van der Waals surface area contributed by atoms with E-state index in [0.29, 0.717) is 24.8 Å². The number of aryl methyl sites for hydroxylation is 1. The second kappa shape index (κ2) is 8.54. The molecule has 8 nitrogen and oxygen atoms in total. The number of hydrogen-bond acceptors (Lipinski definition) is 6. The van der Waals surface area contributed by atoms with E-state index in [1.807, 2.05) is 13.0 Å². The molecule has 2 aromatic heterocycles. The van der Waals surface area contributed by atoms with E-state index >= 15 is 0 Å². The highest BCUT2D eigenvalue weighted by molar-refractivity contribution is 5.55. The third-order valence-corrected chi connectivity index (χ3v) is 6.14. The molecule has 0 saturated carbocycles. The molecule has 0 bridgehead atoms. The van der Waals surface area contributed by atoms with Gasteiger partial charge in [-0.2, -0.15) is 10.3 Å². The molecule has 2 unspecified atom stereocenters. The Hall–Kier alpha value is -2.39. The average molecular weight is 401 g/mol. The van der Waals surface area contributed by atoms with E-state index in [1.165, 1.54) is 0 Å². The Morgan fingerprint density at radius 1 is 1.31 bits per heavy atom. The molecule has 0 amide bonds. The van der Waals surface area contributed by atoms with Crippen LogP contribution in [0.2, 0.25) is 0 Å². The molecule has 1 aliphatic carbocycles. The van der Waals surface area contributed by atoms with Gasteiger partial charge in [-0.3, -0.25) is 5.10 Å². The first-order chi connectivity index (χ1) is 14.1. The van der Waals surface area contributed by atoms with Crippen molar-refractivity contribution >= 4 is 0 Å². The molecule has 1 saturated heterocycles. The first-order valence-corrected chi connectivity index (χ1v) is 10.3. The fourth-order valence-corrected chi connectivity index (χ4v) is 4.49. The van der Waals surface area contributed by atoms with Crippen LogP contribution in [0.5, 0.6) is 0 Å². The minimum Gasteiger partial charge on any atom is -0.376 e. The zero-order chi connectivity index (χ0) is 20.4. The normalized spacial score (nSPS) is 27.6. The van der Waals surface area contributed by atoms with Crippen molar-refractivity contribution in [1.29, 1.82) is 0 Å². The van der Waals surface area contributed by atoms with Gasteiger partial charge in [0.15, 0.2) is 0 Å². The van der Waals surface area contributed by atoms with Crippen LogP contribution < -0.4 is 5.73 Å². The Morgan fingerprint density at radius 2 is 2.17 bits per heavy atom. The number of rotatable bonds is 6. The van der Waals surface area contributed by atoms with E-state index < -0.39 is 0 Å². The number of allylic oxidation sites excluding steroid dienone is 3. The summed E-state index contributed by atoms with van der Waals surface area (Å²) in [5.74, 6) is 0.787. The van der Waals surface area contributed by atoms with Crippen molar-refractivity contribution in [2.24, 2.45) is 17.6 Å². The highest BCUT2D eigenvalue weighted by Crippen LogP contribution is 2.35. The Bertz CT molecular complexity index is 889. The second-order valence-corrected chi connectivity index (χ2v) is 8.06. The maximum Gasteiger partial charge on any atom is 0.225 e. The number of H-pyrrole nitrogens is 2. The summed E-state index contributed by atoms with van der Waals surface area (Å²) in [7, 11) is 0. The van der Waals surface area contributed by atoms with Gasteiger partial charge in [0.1, 0.15) is 11.5 Å². The first kappa shape index (κ1) is 19.9. The van der Waals surface area contributed by atoms with Gasteiger partial charge in [-0.25, -0.2) is 4.39 Å². The summed E-state index contributed by atoms with van der Waals surface area (Å²) in [6.07, 6.45) is 7.15. The highest BCUT2D eigenvalue weighted by atomic mass is 19.1. The largest absolute Gasteiger partial charge is 0.376 e. The summed E-state index contributed by atoms with van der Waals surface area (Å²) in [6.45, 7) is 4.76. The lowest BCUT2D eigenvalue weighted by atomic mass is 9.79. The molecular weight excluding hydrogens is 373 g/mol. The lowest BCUT2D eigenvalue weighted by Crippen LogP contribution is -2.48. The lowest BCUT2D eigenvalue weighted by molar-refractivity contribution is -0.0550. The quantitative estimate of drug-likeness (QED) is 0.685. The van der Waals surface area contributed by atoms with Crippen molar-refractivity contribution in [3.63, 3.8) is 0 Å². The summed E-state index contributed by atoms with van der Waals surface area (Å²) in [4.78, 5) is 0. The van der Waals surface area contributed by atoms with Crippen LogP contribution in [0.25, 0.3) is 11.5 Å². The number of hydrogen-bond donors (Lipinski definition) is 3. The molecule has 4 N–H and O–H groups in total. The molecule has 0 radical (unpaired) electrons. The van der Waals surface area contributed by atoms with E-state index in [2.05, 4.69) is 37.7 Å². The lowest BCUT2D eigenvalue weighted by Gasteiger charge is -2.39. The van der Waals surface area contributed by atoms with E-state index in [0.717, 1.165) is 48.2 Å². The zero-order valence-electron chi connectivity index (χ0n) is 16.9. The van der Waals surface area contributed by atoms with Crippen LogP contribution in [0.4, 0.5) is 4.39 Å². The van der Waals surface area contributed by atoms with Gasteiger partial charge in [0.2, 0.25) is 5.82 Å². The number of halogens is 1. The van der Waals surface area contributed by atoms with E-state index in [1.54, 1.807) is 6.08 Å². The van der Waals surface area contributed by atoms with Crippen LogP contribution in [0.15, 0.2) is 23.6 Å². The molecule has 0 spiro atoms. The van der Waals surface area contributed by atoms with Gasteiger partial charge < -0.3 is 10.5 Å². The summed E-state index contributed by atoms with van der Waals surface area (Å²) >= 11 is 0. The smallest absolute Gasteiger partial charge is 0.225 e. The summed E-state index contributed by atoms with van der Waals surface area (Å²) in [6, 6.07) is -0.0975. The van der Waals surface area contributed by atoms with E-state index in [-0.39, 0.29) is 23.9 Å². The van der Waals surface area contributed by atoms with Crippen LogP contribution in [0, 0.1) is 11.8 Å². The predicted octanol–water partition coefficient (Wildman–Crippen LogP) is 2.64. The summed E-state index contributed by atoms with van der Waals surface area (Å²) < 4.78 is 19.9. The molecular formula is C20H28FN7O. The van der Waals surface area contributed by atoms with Crippen molar-refractivity contribution in [3.05, 3.63) is 34.8 Å². The standard InChI is InChI=1S/C20H28FN7O/c1-3-17-14(18(24-23-17)20-25-27-28-26-20)7-5-12-8-16(22)19(29-10-12)15-9-13(21)6-4-11(15)2/h4,6,12,15-16,19H,3,5,7-10,22H2,1-2H3,(H,23,24)(H,25,26,27,28)/t12?,15-,16-,19?/m0/s1. The van der Waals surface area contributed by atoms with Gasteiger partial charge in [0.25, 0.3) is 0 Å². The van der Waals surface area contributed by atoms with Gasteiger partial charge >= 0.3 is 0 Å². The summed E-state index contributed by atoms with van der Waals surface area (Å²) in [5, 5.41) is 21.7. The zero-order valence-corrected chi connectivity index (χ0v) is 16.9. The molecule has 1 fully saturated rings. The monoisotopic (exact) mass is 401 g/mol. The molecule has 156 valence electrons. The maximum atomic E-state index is 13.8. The maximum absolute atomic E-state index is 13.8. The van der Waals surface area contributed by atoms with Crippen molar-refractivity contribution in [2.45, 2.75) is 58.1 Å². The number of nitrogens with one attached hydrogen (secondary N) is 2. The average Bonchev–Trinajstić information content (AvgIpc) is 3.37. The minimum absolute atomic E-state index is 0.0290. The van der Waals surface area contributed by atoms with Crippen LogP contribution >= 0.6 is 0 Å². The summed E-state index contributed by atoms with van der Waals surface area (Å²) in [5.41, 5.74) is 10.6. The van der Waals surface area contributed by atoms with Crippen molar-refractivity contribution < 1.29 is 9.13 Å². The molecule has 2 aliphatic rings. The van der Waals surface area contributed by atoms with Gasteiger partial charge in [-0.1, -0.05) is 18.6 Å². The fourth-order valence-electron chi connectivity index (χ4n) is 4.49. The molecule has 3 heterocycles. The van der Waals surface area contributed by atoms with Crippen molar-refractivity contribution in [3.8, 4) is 11.5 Å². The molecule has 4 rings (SSSR count).